The van der Waals surface area contributed by atoms with Crippen molar-refractivity contribution < 1.29 is 14.4 Å². The van der Waals surface area contributed by atoms with Crippen LogP contribution >= 0.6 is 11.6 Å². The number of nitrogens with zero attached hydrogens (tertiary/aromatic N) is 2. The van der Waals surface area contributed by atoms with Gasteiger partial charge in [-0.1, -0.05) is 23.7 Å². The molecule has 1 aliphatic rings. The zero-order chi connectivity index (χ0) is 14.0. The minimum atomic E-state index is -1.03. The summed E-state index contributed by atoms with van der Waals surface area (Å²) >= 11 is 5.85. The molecule has 1 saturated heterocycles. The second kappa shape index (κ2) is 5.73. The maximum atomic E-state index is 10.7. The molecule has 1 aromatic rings. The van der Waals surface area contributed by atoms with E-state index >= 15 is 0 Å². The van der Waals surface area contributed by atoms with Crippen molar-refractivity contribution in [2.24, 2.45) is 0 Å². The van der Waals surface area contributed by atoms with E-state index in [1.54, 1.807) is 0 Å². The number of hydrogen-bond acceptors (Lipinski definition) is 5. The van der Waals surface area contributed by atoms with Gasteiger partial charge in [0.1, 0.15) is 6.61 Å². The molecule has 0 N–H and O–H groups in total. The van der Waals surface area contributed by atoms with Gasteiger partial charge >= 0.3 is 0 Å². The van der Waals surface area contributed by atoms with E-state index in [2.05, 4.69) is 0 Å². The highest BCUT2D eigenvalue weighted by Gasteiger charge is 2.39. The molecule has 7 heteroatoms. The van der Waals surface area contributed by atoms with Crippen LogP contribution < -0.4 is 4.90 Å². The van der Waals surface area contributed by atoms with Crippen molar-refractivity contribution in [1.82, 2.24) is 0 Å². The zero-order valence-corrected chi connectivity index (χ0v) is 11.4. The predicted octanol–water partition coefficient (Wildman–Crippen LogP) is 2.01. The Balaban J connectivity index is 2.06. The Labute approximate surface area is 116 Å². The van der Waals surface area contributed by atoms with Gasteiger partial charge in [0, 0.05) is 30.3 Å². The Morgan fingerprint density at radius 2 is 2.00 bits per heavy atom. The lowest BCUT2D eigenvalue weighted by Crippen LogP contribution is -2.42. The van der Waals surface area contributed by atoms with E-state index in [9.17, 15) is 10.1 Å². The highest BCUT2D eigenvalue weighted by molar-refractivity contribution is 6.20. The van der Waals surface area contributed by atoms with E-state index in [0.29, 0.717) is 0 Å². The molecule has 0 aliphatic carbocycles. The Kier molecular flexibility index (Phi) is 4.24. The Morgan fingerprint density at radius 1 is 1.37 bits per heavy atom. The molecule has 19 heavy (non-hydrogen) atoms. The highest BCUT2D eigenvalue weighted by Crippen LogP contribution is 2.30. The van der Waals surface area contributed by atoms with Gasteiger partial charge in [-0.05, 0) is 12.1 Å². The Bertz CT molecular complexity index is 452. The fraction of sp³-hybridized carbons (Fsp3) is 0.500. The molecule has 2 rings (SSSR count). The number of hydrogen-bond donors (Lipinski definition) is 0. The monoisotopic (exact) mass is 286 g/mol. The number of halogens is 1. The van der Waals surface area contributed by atoms with Crippen LogP contribution in [0.3, 0.4) is 0 Å². The van der Waals surface area contributed by atoms with E-state index < -0.39 is 22.8 Å². The first kappa shape index (κ1) is 14.0. The number of ether oxygens (including phenoxy) is 2. The smallest absolute Gasteiger partial charge is 0.275 e. The SMILES string of the molecule is CN(C)c1ccc(C2OCC([N+](=O)[O-])C(Cl)O2)cc1. The molecule has 0 aromatic heterocycles. The molecule has 3 atom stereocenters. The molecule has 0 saturated carbocycles. The highest BCUT2D eigenvalue weighted by atomic mass is 35.5. The third-order valence-electron chi connectivity index (χ3n) is 2.93. The molecule has 1 aromatic carbocycles. The molecule has 1 aliphatic heterocycles. The molecule has 1 heterocycles. The first-order valence-corrected chi connectivity index (χ1v) is 6.24. The fourth-order valence-corrected chi connectivity index (χ4v) is 2.03. The van der Waals surface area contributed by atoms with Gasteiger partial charge in [-0.3, -0.25) is 10.1 Å². The van der Waals surface area contributed by atoms with Crippen molar-refractivity contribution in [3.63, 3.8) is 0 Å². The quantitative estimate of drug-likeness (QED) is 0.483. The second-order valence-corrected chi connectivity index (χ2v) is 4.92. The lowest BCUT2D eigenvalue weighted by Gasteiger charge is -2.29. The third-order valence-corrected chi connectivity index (χ3v) is 3.32. The second-order valence-electron chi connectivity index (χ2n) is 4.49. The van der Waals surface area contributed by atoms with Crippen molar-refractivity contribution >= 4 is 17.3 Å². The first-order chi connectivity index (χ1) is 8.99. The zero-order valence-electron chi connectivity index (χ0n) is 10.7. The van der Waals surface area contributed by atoms with Crippen LogP contribution in [0.2, 0.25) is 0 Å². The average molecular weight is 287 g/mol. The van der Waals surface area contributed by atoms with Crippen LogP contribution in [0.4, 0.5) is 5.69 Å². The van der Waals surface area contributed by atoms with Crippen LogP contribution in [0, 0.1) is 10.1 Å². The molecule has 0 spiro atoms. The molecule has 0 radical (unpaired) electrons. The van der Waals surface area contributed by atoms with E-state index in [-0.39, 0.29) is 6.61 Å². The summed E-state index contributed by atoms with van der Waals surface area (Å²) in [6, 6.07) is 6.53. The standard InChI is InChI=1S/C12H15ClN2O4/c1-14(2)9-5-3-8(4-6-9)12-18-7-10(15(16)17)11(13)19-12/h3-6,10-12H,7H2,1-2H3. The predicted molar refractivity (Wildman–Crippen MR) is 71.0 cm³/mol. The maximum Gasteiger partial charge on any atom is 0.275 e. The largest absolute Gasteiger partial charge is 0.378 e. The third kappa shape index (κ3) is 3.15. The van der Waals surface area contributed by atoms with Crippen LogP contribution in [0.25, 0.3) is 0 Å². The van der Waals surface area contributed by atoms with Crippen LogP contribution in [0.5, 0.6) is 0 Å². The summed E-state index contributed by atoms with van der Waals surface area (Å²) in [7, 11) is 3.89. The number of anilines is 1. The van der Waals surface area contributed by atoms with Crippen LogP contribution in [-0.4, -0.2) is 37.2 Å². The summed E-state index contributed by atoms with van der Waals surface area (Å²) in [5.74, 6) is 0. The van der Waals surface area contributed by atoms with E-state index in [4.69, 9.17) is 21.1 Å². The van der Waals surface area contributed by atoms with E-state index in [0.717, 1.165) is 11.3 Å². The number of rotatable bonds is 3. The van der Waals surface area contributed by atoms with Gasteiger partial charge in [-0.2, -0.15) is 0 Å². The minimum absolute atomic E-state index is 0.0543. The van der Waals surface area contributed by atoms with Gasteiger partial charge in [0.05, 0.1) is 0 Å². The summed E-state index contributed by atoms with van der Waals surface area (Å²) in [5, 5.41) is 10.7. The summed E-state index contributed by atoms with van der Waals surface area (Å²) in [4.78, 5) is 12.2. The molecule has 0 amide bonds. The lowest BCUT2D eigenvalue weighted by atomic mass is 10.2. The molecule has 6 nitrogen and oxygen atoms in total. The fourth-order valence-electron chi connectivity index (χ4n) is 1.77. The van der Waals surface area contributed by atoms with Crippen molar-refractivity contribution in [2.75, 3.05) is 25.6 Å². The molecular weight excluding hydrogens is 272 g/mol. The lowest BCUT2D eigenvalue weighted by molar-refractivity contribution is -0.548. The van der Waals surface area contributed by atoms with Gasteiger partial charge < -0.3 is 14.4 Å². The number of alkyl halides is 1. The Morgan fingerprint density at radius 3 is 2.47 bits per heavy atom. The Hall–Kier alpha value is -1.37. The molecule has 104 valence electrons. The molecule has 1 fully saturated rings. The molecular formula is C12H15ClN2O4. The summed E-state index contributed by atoms with van der Waals surface area (Å²) in [5.41, 5.74) is 0.852. The summed E-state index contributed by atoms with van der Waals surface area (Å²) in [6.45, 7) is -0.0543. The van der Waals surface area contributed by atoms with E-state index in [1.807, 2.05) is 43.3 Å². The normalized spacial score (nSPS) is 27.0. The van der Waals surface area contributed by atoms with Crippen molar-refractivity contribution in [2.45, 2.75) is 17.9 Å². The first-order valence-electron chi connectivity index (χ1n) is 5.81. The minimum Gasteiger partial charge on any atom is -0.378 e. The number of benzene rings is 1. The topological polar surface area (TPSA) is 64.8 Å². The molecule has 0 bridgehead atoms. The summed E-state index contributed by atoms with van der Waals surface area (Å²) in [6.07, 6.45) is -0.657. The van der Waals surface area contributed by atoms with Crippen molar-refractivity contribution in [3.8, 4) is 0 Å². The van der Waals surface area contributed by atoms with Crippen molar-refractivity contribution in [3.05, 3.63) is 39.9 Å². The van der Waals surface area contributed by atoms with Crippen LogP contribution in [-0.2, 0) is 9.47 Å². The molecule has 3 unspecified atom stereocenters. The van der Waals surface area contributed by atoms with Gasteiger partial charge in [-0.15, -0.1) is 0 Å². The number of nitro groups is 1. The average Bonchev–Trinajstić information content (AvgIpc) is 2.38. The van der Waals surface area contributed by atoms with Crippen molar-refractivity contribution in [1.29, 1.82) is 0 Å². The van der Waals surface area contributed by atoms with E-state index in [1.165, 1.54) is 0 Å². The van der Waals surface area contributed by atoms with Crippen LogP contribution in [0.1, 0.15) is 11.9 Å². The maximum absolute atomic E-state index is 10.7. The van der Waals surface area contributed by atoms with Gasteiger partial charge in [0.15, 0.2) is 6.29 Å². The van der Waals surface area contributed by atoms with Gasteiger partial charge in [-0.25, -0.2) is 0 Å². The van der Waals surface area contributed by atoms with Gasteiger partial charge in [0.25, 0.3) is 6.04 Å². The summed E-state index contributed by atoms with van der Waals surface area (Å²) < 4.78 is 10.7. The van der Waals surface area contributed by atoms with Crippen LogP contribution in [0.15, 0.2) is 24.3 Å². The van der Waals surface area contributed by atoms with Gasteiger partial charge in [0.2, 0.25) is 5.56 Å².